The average molecular weight is 170 g/mol. The maximum atomic E-state index is 9.30. The summed E-state index contributed by atoms with van der Waals surface area (Å²) in [4.78, 5) is 0. The Labute approximate surface area is 73.6 Å². The van der Waals surface area contributed by atoms with Crippen LogP contribution in [0.5, 0.6) is 0 Å². The van der Waals surface area contributed by atoms with Crippen LogP contribution in [0.1, 0.15) is 38.5 Å². The molecule has 0 aromatic heterocycles. The van der Waals surface area contributed by atoms with E-state index in [1.165, 1.54) is 32.1 Å². The van der Waals surface area contributed by atoms with Crippen molar-refractivity contribution in [3.05, 3.63) is 0 Å². The summed E-state index contributed by atoms with van der Waals surface area (Å²) >= 11 is 0. The lowest BCUT2D eigenvalue weighted by molar-refractivity contribution is -0.140. The molecule has 0 atom stereocenters. The summed E-state index contributed by atoms with van der Waals surface area (Å²) < 4.78 is 0. The van der Waals surface area contributed by atoms with Crippen LogP contribution < -0.4 is 0 Å². The number of hydrogen-bond acceptors (Lipinski definition) is 2. The minimum absolute atomic E-state index is 0.108. The molecule has 0 bridgehead atoms. The minimum atomic E-state index is -0.108. The van der Waals surface area contributed by atoms with Gasteiger partial charge in [0.1, 0.15) is 0 Å². The summed E-state index contributed by atoms with van der Waals surface area (Å²) in [5, 5.41) is 18.6. The molecule has 12 heavy (non-hydrogen) atoms. The highest BCUT2D eigenvalue weighted by Crippen LogP contribution is 2.64. The molecular formula is C10H18O2. The van der Waals surface area contributed by atoms with E-state index in [4.69, 9.17) is 0 Å². The summed E-state index contributed by atoms with van der Waals surface area (Å²) in [6, 6.07) is 0. The van der Waals surface area contributed by atoms with Crippen LogP contribution in [-0.4, -0.2) is 23.4 Å². The lowest BCUT2D eigenvalue weighted by atomic mass is 9.49. The van der Waals surface area contributed by atoms with E-state index in [9.17, 15) is 10.2 Å². The summed E-state index contributed by atoms with van der Waals surface area (Å²) in [6.45, 7) is 0.368. The molecule has 2 nitrogen and oxygen atoms in total. The molecule has 2 saturated carbocycles. The molecule has 1 spiro atoms. The number of aliphatic hydroxyl groups is 2. The molecular weight excluding hydrogens is 152 g/mol. The summed E-state index contributed by atoms with van der Waals surface area (Å²) in [7, 11) is 0. The Morgan fingerprint density at radius 1 is 0.833 bits per heavy atom. The third kappa shape index (κ3) is 0.826. The van der Waals surface area contributed by atoms with Crippen molar-refractivity contribution in [3.8, 4) is 0 Å². The van der Waals surface area contributed by atoms with Crippen LogP contribution >= 0.6 is 0 Å². The van der Waals surface area contributed by atoms with Crippen LogP contribution in [-0.2, 0) is 0 Å². The number of hydrogen-bond donors (Lipinski definition) is 2. The fourth-order valence-corrected chi connectivity index (χ4v) is 3.21. The first-order valence-electron chi connectivity index (χ1n) is 5.00. The van der Waals surface area contributed by atoms with E-state index < -0.39 is 0 Å². The first-order chi connectivity index (χ1) is 5.79. The molecule has 0 aliphatic heterocycles. The van der Waals surface area contributed by atoms with Crippen LogP contribution in [0, 0.1) is 10.8 Å². The second kappa shape index (κ2) is 2.71. The fraction of sp³-hybridized carbons (Fsp3) is 1.00. The highest BCUT2D eigenvalue weighted by atomic mass is 16.3. The molecule has 0 saturated heterocycles. The van der Waals surface area contributed by atoms with Crippen LogP contribution in [0.4, 0.5) is 0 Å². The van der Waals surface area contributed by atoms with Crippen molar-refractivity contribution in [2.75, 3.05) is 13.2 Å². The van der Waals surface area contributed by atoms with Gasteiger partial charge in [-0.1, -0.05) is 12.8 Å². The van der Waals surface area contributed by atoms with Crippen LogP contribution in [0.25, 0.3) is 0 Å². The molecule has 2 aliphatic carbocycles. The van der Waals surface area contributed by atoms with Gasteiger partial charge in [0, 0.05) is 5.41 Å². The van der Waals surface area contributed by atoms with Crippen molar-refractivity contribution in [2.24, 2.45) is 10.8 Å². The standard InChI is InChI=1S/C10H18O2/c11-7-10(8-12)6-5-9(10)3-1-2-4-9/h11-12H,1-8H2. The van der Waals surface area contributed by atoms with Gasteiger partial charge in [0.05, 0.1) is 13.2 Å². The molecule has 2 rings (SSSR count). The van der Waals surface area contributed by atoms with Gasteiger partial charge in [-0.25, -0.2) is 0 Å². The minimum Gasteiger partial charge on any atom is -0.396 e. The number of rotatable bonds is 2. The zero-order valence-corrected chi connectivity index (χ0v) is 7.55. The Morgan fingerprint density at radius 2 is 1.42 bits per heavy atom. The topological polar surface area (TPSA) is 40.5 Å². The van der Waals surface area contributed by atoms with E-state index in [2.05, 4.69) is 0 Å². The molecule has 0 radical (unpaired) electrons. The van der Waals surface area contributed by atoms with Crippen molar-refractivity contribution in [3.63, 3.8) is 0 Å². The molecule has 2 aliphatic rings. The molecule has 0 aromatic carbocycles. The van der Waals surface area contributed by atoms with Gasteiger partial charge in [0.25, 0.3) is 0 Å². The summed E-state index contributed by atoms with van der Waals surface area (Å²) in [6.07, 6.45) is 7.31. The van der Waals surface area contributed by atoms with Crippen molar-refractivity contribution in [2.45, 2.75) is 38.5 Å². The highest BCUT2D eigenvalue weighted by molar-refractivity contribution is 5.08. The lowest BCUT2D eigenvalue weighted by Crippen LogP contribution is -2.54. The third-order valence-corrected chi connectivity index (χ3v) is 4.37. The largest absolute Gasteiger partial charge is 0.396 e. The predicted molar refractivity (Wildman–Crippen MR) is 46.7 cm³/mol. The number of aliphatic hydroxyl groups excluding tert-OH is 2. The van der Waals surface area contributed by atoms with Gasteiger partial charge < -0.3 is 10.2 Å². The van der Waals surface area contributed by atoms with Gasteiger partial charge >= 0.3 is 0 Å². The monoisotopic (exact) mass is 170 g/mol. The second-order valence-electron chi connectivity index (χ2n) is 4.58. The molecule has 2 heteroatoms. The van der Waals surface area contributed by atoms with Gasteiger partial charge in [-0.2, -0.15) is 0 Å². The molecule has 70 valence electrons. The zero-order valence-electron chi connectivity index (χ0n) is 7.55. The summed E-state index contributed by atoms with van der Waals surface area (Å²) in [5.74, 6) is 0. The van der Waals surface area contributed by atoms with Gasteiger partial charge in [0.2, 0.25) is 0 Å². The quantitative estimate of drug-likeness (QED) is 0.656. The Balaban J connectivity index is 2.16. The van der Waals surface area contributed by atoms with Crippen molar-refractivity contribution in [1.82, 2.24) is 0 Å². The van der Waals surface area contributed by atoms with Crippen LogP contribution in [0.2, 0.25) is 0 Å². The van der Waals surface area contributed by atoms with E-state index in [1.807, 2.05) is 0 Å². The molecule has 0 heterocycles. The van der Waals surface area contributed by atoms with E-state index in [-0.39, 0.29) is 18.6 Å². The highest BCUT2D eigenvalue weighted by Gasteiger charge is 2.58. The first kappa shape index (κ1) is 8.52. The predicted octanol–water partition coefficient (Wildman–Crippen LogP) is 1.31. The SMILES string of the molecule is OCC1(CO)CCC12CCCC2. The Kier molecular flexibility index (Phi) is 1.92. The van der Waals surface area contributed by atoms with Gasteiger partial charge in [-0.15, -0.1) is 0 Å². The van der Waals surface area contributed by atoms with Gasteiger partial charge in [-0.05, 0) is 31.1 Å². The van der Waals surface area contributed by atoms with Crippen molar-refractivity contribution >= 4 is 0 Å². The van der Waals surface area contributed by atoms with Gasteiger partial charge in [-0.3, -0.25) is 0 Å². The Bertz CT molecular complexity index is 156. The average Bonchev–Trinajstić information content (AvgIpc) is 2.56. The molecule has 2 N–H and O–H groups in total. The third-order valence-electron chi connectivity index (χ3n) is 4.37. The molecule has 0 aromatic rings. The van der Waals surface area contributed by atoms with E-state index in [0.29, 0.717) is 5.41 Å². The van der Waals surface area contributed by atoms with Crippen molar-refractivity contribution in [1.29, 1.82) is 0 Å². The molecule has 0 unspecified atom stereocenters. The van der Waals surface area contributed by atoms with Crippen LogP contribution in [0.3, 0.4) is 0 Å². The first-order valence-corrected chi connectivity index (χ1v) is 5.00. The Hall–Kier alpha value is -0.0800. The smallest absolute Gasteiger partial charge is 0.0514 e. The normalized spacial score (nSPS) is 30.5. The fourth-order valence-electron chi connectivity index (χ4n) is 3.21. The molecule has 0 amide bonds. The summed E-state index contributed by atoms with van der Waals surface area (Å²) in [5.41, 5.74) is 0.222. The van der Waals surface area contributed by atoms with E-state index in [0.717, 1.165) is 6.42 Å². The second-order valence-corrected chi connectivity index (χ2v) is 4.58. The Morgan fingerprint density at radius 3 is 1.75 bits per heavy atom. The van der Waals surface area contributed by atoms with E-state index in [1.54, 1.807) is 0 Å². The van der Waals surface area contributed by atoms with E-state index >= 15 is 0 Å². The van der Waals surface area contributed by atoms with Gasteiger partial charge in [0.15, 0.2) is 0 Å². The zero-order chi connectivity index (χ0) is 8.66. The molecule has 2 fully saturated rings. The maximum absolute atomic E-state index is 9.30. The van der Waals surface area contributed by atoms with Crippen LogP contribution in [0.15, 0.2) is 0 Å². The maximum Gasteiger partial charge on any atom is 0.0514 e. The lowest BCUT2D eigenvalue weighted by Gasteiger charge is -2.56. The van der Waals surface area contributed by atoms with Crippen molar-refractivity contribution < 1.29 is 10.2 Å².